The van der Waals surface area contributed by atoms with Crippen molar-refractivity contribution in [1.29, 1.82) is 0 Å². The number of rotatable bonds is 6. The monoisotopic (exact) mass is 361 g/mol. The molecular formula is C19H24NO4P. The van der Waals surface area contributed by atoms with Crippen molar-refractivity contribution in [3.63, 3.8) is 0 Å². The fourth-order valence-corrected chi connectivity index (χ4v) is 4.91. The molecule has 5 nitrogen and oxygen atoms in total. The highest BCUT2D eigenvalue weighted by molar-refractivity contribution is 7.54. The van der Waals surface area contributed by atoms with E-state index < -0.39 is 13.4 Å². The minimum atomic E-state index is -3.35. The molecule has 25 heavy (non-hydrogen) atoms. The predicted octanol–water partition coefficient (Wildman–Crippen LogP) is 5.21. The van der Waals surface area contributed by atoms with Crippen molar-refractivity contribution in [2.75, 3.05) is 18.5 Å². The number of hydrogen-bond acceptors (Lipinski definition) is 5. The molecule has 1 aliphatic heterocycles. The molecule has 0 spiro atoms. The minimum absolute atomic E-state index is 0.0950. The van der Waals surface area contributed by atoms with Gasteiger partial charge in [0.25, 0.3) is 0 Å². The zero-order chi connectivity index (χ0) is 17.7. The normalized spacial score (nSPS) is 24.5. The first kappa shape index (κ1) is 18.0. The van der Waals surface area contributed by atoms with Crippen LogP contribution in [0.1, 0.15) is 31.6 Å². The third-order valence-corrected chi connectivity index (χ3v) is 6.28. The molecule has 1 N–H and O–H groups in total. The van der Waals surface area contributed by atoms with Crippen molar-refractivity contribution in [1.82, 2.24) is 0 Å². The zero-order valence-corrected chi connectivity index (χ0v) is 15.4. The highest BCUT2D eigenvalue weighted by atomic mass is 31.2. The van der Waals surface area contributed by atoms with Crippen molar-refractivity contribution in [3.05, 3.63) is 60.2 Å². The number of anilines is 1. The van der Waals surface area contributed by atoms with E-state index >= 15 is 0 Å². The predicted molar refractivity (Wildman–Crippen MR) is 99.1 cm³/mol. The first-order valence-corrected chi connectivity index (χ1v) is 10.2. The Morgan fingerprint density at radius 1 is 1.20 bits per heavy atom. The SMILES string of the molecule is CCOc1ccc([C@@H](Nc2ccccc2)[P@@]2(=O)OCC[C@@H](C)O2)cc1. The number of para-hydroxylation sites is 1. The quantitative estimate of drug-likeness (QED) is 0.716. The third-order valence-electron chi connectivity index (χ3n) is 4.02. The molecule has 0 aliphatic carbocycles. The lowest BCUT2D eigenvalue weighted by atomic mass is 10.2. The average Bonchev–Trinajstić information content (AvgIpc) is 2.61. The van der Waals surface area contributed by atoms with Gasteiger partial charge < -0.3 is 19.1 Å². The smallest absolute Gasteiger partial charge is 0.357 e. The standard InChI is InChI=1S/C19H24NO4P/c1-3-22-18-11-9-16(10-12-18)19(20-17-7-5-4-6-8-17)25(21)23-14-13-15(2)24-25/h4-12,15,19-20H,3,13-14H2,1-2H3/t15-,19+,25-/m1/s1. The molecule has 1 saturated heterocycles. The number of hydrogen-bond donors (Lipinski definition) is 1. The van der Waals surface area contributed by atoms with Crippen LogP contribution in [0.25, 0.3) is 0 Å². The van der Waals surface area contributed by atoms with Crippen LogP contribution in [0.5, 0.6) is 5.75 Å². The lowest BCUT2D eigenvalue weighted by Gasteiger charge is -2.34. The fourth-order valence-electron chi connectivity index (χ4n) is 2.77. The van der Waals surface area contributed by atoms with Gasteiger partial charge in [0.1, 0.15) is 5.75 Å². The number of benzene rings is 2. The summed E-state index contributed by atoms with van der Waals surface area (Å²) >= 11 is 0. The fraction of sp³-hybridized carbons (Fsp3) is 0.368. The minimum Gasteiger partial charge on any atom is -0.494 e. The molecule has 0 saturated carbocycles. The molecule has 134 valence electrons. The Kier molecular flexibility index (Phi) is 5.79. The molecule has 2 aromatic rings. The second-order valence-electron chi connectivity index (χ2n) is 5.99. The van der Waals surface area contributed by atoms with Gasteiger partial charge in [0.05, 0.1) is 19.3 Å². The van der Waals surface area contributed by atoms with Gasteiger partial charge in [-0.1, -0.05) is 30.3 Å². The van der Waals surface area contributed by atoms with Crippen LogP contribution in [0.15, 0.2) is 54.6 Å². The molecule has 0 aromatic heterocycles. The maximum absolute atomic E-state index is 13.4. The second kappa shape index (κ2) is 8.05. The summed E-state index contributed by atoms with van der Waals surface area (Å²) in [4.78, 5) is 0. The lowest BCUT2D eigenvalue weighted by Crippen LogP contribution is -2.23. The third kappa shape index (κ3) is 4.43. The molecule has 0 amide bonds. The van der Waals surface area contributed by atoms with E-state index in [0.717, 1.165) is 23.4 Å². The molecule has 1 aliphatic rings. The van der Waals surface area contributed by atoms with E-state index in [1.165, 1.54) is 0 Å². The van der Waals surface area contributed by atoms with Gasteiger partial charge in [0.2, 0.25) is 0 Å². The van der Waals surface area contributed by atoms with Crippen molar-refractivity contribution in [2.24, 2.45) is 0 Å². The molecule has 0 unspecified atom stereocenters. The van der Waals surface area contributed by atoms with E-state index in [9.17, 15) is 4.57 Å². The number of nitrogens with one attached hydrogen (secondary N) is 1. The van der Waals surface area contributed by atoms with E-state index in [4.69, 9.17) is 13.8 Å². The van der Waals surface area contributed by atoms with E-state index in [1.807, 2.05) is 68.4 Å². The molecule has 0 radical (unpaired) electrons. The van der Waals surface area contributed by atoms with Gasteiger partial charge in [0.15, 0.2) is 5.78 Å². The summed E-state index contributed by atoms with van der Waals surface area (Å²) in [5.74, 6) is 0.204. The Morgan fingerprint density at radius 3 is 2.56 bits per heavy atom. The molecule has 0 bridgehead atoms. The van der Waals surface area contributed by atoms with Gasteiger partial charge >= 0.3 is 7.60 Å². The Morgan fingerprint density at radius 2 is 1.92 bits per heavy atom. The van der Waals surface area contributed by atoms with Crippen LogP contribution < -0.4 is 10.1 Å². The van der Waals surface area contributed by atoms with Crippen molar-refractivity contribution in [3.8, 4) is 5.75 Å². The summed E-state index contributed by atoms with van der Waals surface area (Å²) in [6, 6.07) is 17.2. The summed E-state index contributed by atoms with van der Waals surface area (Å²) in [6.45, 7) is 4.90. The van der Waals surface area contributed by atoms with Gasteiger partial charge in [-0.25, -0.2) is 0 Å². The summed E-state index contributed by atoms with van der Waals surface area (Å²) in [5, 5.41) is 3.32. The van der Waals surface area contributed by atoms with Gasteiger partial charge in [-0.15, -0.1) is 0 Å². The van der Waals surface area contributed by atoms with Crippen LogP contribution in [0.4, 0.5) is 5.69 Å². The van der Waals surface area contributed by atoms with E-state index in [0.29, 0.717) is 13.2 Å². The Balaban J connectivity index is 1.92. The second-order valence-corrected chi connectivity index (χ2v) is 8.06. The Hall–Kier alpha value is -1.81. The van der Waals surface area contributed by atoms with E-state index in [-0.39, 0.29) is 6.10 Å². The largest absolute Gasteiger partial charge is 0.494 e. The molecule has 2 aromatic carbocycles. The van der Waals surface area contributed by atoms with Gasteiger partial charge in [-0.3, -0.25) is 4.57 Å². The van der Waals surface area contributed by atoms with Gasteiger partial charge in [0, 0.05) is 5.69 Å². The van der Waals surface area contributed by atoms with Crippen molar-refractivity contribution < 1.29 is 18.3 Å². The highest BCUT2D eigenvalue weighted by Crippen LogP contribution is 2.63. The molecule has 1 fully saturated rings. The van der Waals surface area contributed by atoms with Crippen LogP contribution >= 0.6 is 7.60 Å². The van der Waals surface area contributed by atoms with Crippen LogP contribution in [-0.4, -0.2) is 19.3 Å². The lowest BCUT2D eigenvalue weighted by molar-refractivity contribution is 0.0887. The molecule has 1 heterocycles. The van der Waals surface area contributed by atoms with E-state index in [2.05, 4.69) is 5.32 Å². The summed E-state index contributed by atoms with van der Waals surface area (Å²) in [7, 11) is -3.35. The average molecular weight is 361 g/mol. The molecule has 3 atom stereocenters. The van der Waals surface area contributed by atoms with E-state index in [1.54, 1.807) is 0 Å². The van der Waals surface area contributed by atoms with Crippen LogP contribution in [0.3, 0.4) is 0 Å². The maximum Gasteiger partial charge on any atom is 0.357 e. The zero-order valence-electron chi connectivity index (χ0n) is 14.6. The summed E-state index contributed by atoms with van der Waals surface area (Å²) in [6.07, 6.45) is 0.646. The first-order chi connectivity index (χ1) is 12.1. The topological polar surface area (TPSA) is 56.8 Å². The summed E-state index contributed by atoms with van der Waals surface area (Å²) < 4.78 is 30.3. The molecule has 3 rings (SSSR count). The Labute approximate surface area is 148 Å². The number of ether oxygens (including phenoxy) is 1. The van der Waals surface area contributed by atoms with Crippen LogP contribution in [-0.2, 0) is 13.6 Å². The van der Waals surface area contributed by atoms with Gasteiger partial charge in [-0.05, 0) is 50.1 Å². The maximum atomic E-state index is 13.4. The van der Waals surface area contributed by atoms with Gasteiger partial charge in [-0.2, -0.15) is 0 Å². The van der Waals surface area contributed by atoms with Crippen LogP contribution in [0.2, 0.25) is 0 Å². The van der Waals surface area contributed by atoms with Crippen molar-refractivity contribution in [2.45, 2.75) is 32.2 Å². The highest BCUT2D eigenvalue weighted by Gasteiger charge is 2.41. The Bertz CT molecular complexity index is 720. The molecular weight excluding hydrogens is 337 g/mol. The molecule has 6 heteroatoms. The van der Waals surface area contributed by atoms with Crippen LogP contribution in [0, 0.1) is 0 Å². The summed E-state index contributed by atoms with van der Waals surface area (Å²) in [5.41, 5.74) is 1.70. The van der Waals surface area contributed by atoms with Crippen molar-refractivity contribution >= 4 is 13.3 Å². The first-order valence-electron chi connectivity index (χ1n) is 8.58.